The number of anilines is 1. The Morgan fingerprint density at radius 1 is 0.581 bits per heavy atom. The van der Waals surface area contributed by atoms with E-state index in [1.807, 2.05) is 0 Å². The van der Waals surface area contributed by atoms with Crippen LogP contribution in [0, 0.1) is 0 Å². The van der Waals surface area contributed by atoms with Crippen LogP contribution in [-0.2, 0) is 0 Å². The summed E-state index contributed by atoms with van der Waals surface area (Å²) < 4.78 is 0. The molecular formula is C29H50N2. The van der Waals surface area contributed by atoms with Gasteiger partial charge in [-0.25, -0.2) is 0 Å². The van der Waals surface area contributed by atoms with Gasteiger partial charge in [-0.1, -0.05) is 122 Å². The SMILES string of the molecule is CCCCCCCCCCCN1C=CN(c2ccccc2)C1CCCCCCCCC. The number of unbranched alkanes of at least 4 members (excludes halogenated alkanes) is 14. The monoisotopic (exact) mass is 426 g/mol. The molecule has 0 saturated heterocycles. The van der Waals surface area contributed by atoms with Gasteiger partial charge in [0.1, 0.15) is 6.17 Å². The van der Waals surface area contributed by atoms with Gasteiger partial charge in [0.2, 0.25) is 0 Å². The third-order valence-electron chi connectivity index (χ3n) is 6.76. The van der Waals surface area contributed by atoms with Crippen molar-refractivity contribution in [1.82, 2.24) is 4.90 Å². The first-order valence-electron chi connectivity index (χ1n) is 13.6. The molecule has 0 aromatic heterocycles. The van der Waals surface area contributed by atoms with E-state index in [0.717, 1.165) is 0 Å². The second kappa shape index (κ2) is 17.2. The normalized spacial score (nSPS) is 15.9. The molecule has 31 heavy (non-hydrogen) atoms. The van der Waals surface area contributed by atoms with Gasteiger partial charge in [-0.15, -0.1) is 0 Å². The Morgan fingerprint density at radius 3 is 1.68 bits per heavy atom. The molecule has 0 fully saturated rings. The third kappa shape index (κ3) is 10.6. The van der Waals surface area contributed by atoms with Crippen molar-refractivity contribution in [3.05, 3.63) is 42.7 Å². The van der Waals surface area contributed by atoms with Gasteiger partial charge >= 0.3 is 0 Å². The molecule has 1 unspecified atom stereocenters. The molecule has 2 nitrogen and oxygen atoms in total. The average Bonchev–Trinajstić information content (AvgIpc) is 3.20. The maximum absolute atomic E-state index is 2.62. The minimum atomic E-state index is 0.507. The summed E-state index contributed by atoms with van der Waals surface area (Å²) in [5.41, 5.74) is 1.33. The fraction of sp³-hybridized carbons (Fsp3) is 0.724. The molecular weight excluding hydrogens is 376 g/mol. The van der Waals surface area contributed by atoms with Gasteiger partial charge in [0.15, 0.2) is 0 Å². The standard InChI is InChI=1S/C29H50N2/c1-3-5-7-9-11-12-14-16-21-25-30-26-27-31(28-22-18-17-19-23-28)29(30)24-20-15-13-10-8-6-4-2/h17-19,22-23,26-27,29H,3-16,20-21,24-25H2,1-2H3. The Balaban J connectivity index is 1.70. The number of hydrogen-bond acceptors (Lipinski definition) is 2. The summed E-state index contributed by atoms with van der Waals surface area (Å²) in [7, 11) is 0. The molecule has 1 aliphatic heterocycles. The minimum Gasteiger partial charge on any atom is -0.356 e. The summed E-state index contributed by atoms with van der Waals surface area (Å²) in [6.07, 6.45) is 28.8. The van der Waals surface area contributed by atoms with Crippen molar-refractivity contribution in [2.75, 3.05) is 11.4 Å². The van der Waals surface area contributed by atoms with Crippen LogP contribution in [0.15, 0.2) is 42.7 Å². The predicted octanol–water partition coefficient (Wildman–Crippen LogP) is 9.28. The molecule has 1 aliphatic rings. The van der Waals surface area contributed by atoms with E-state index in [1.165, 1.54) is 121 Å². The second-order valence-electron chi connectivity index (χ2n) is 9.50. The van der Waals surface area contributed by atoms with E-state index in [2.05, 4.69) is 66.4 Å². The highest BCUT2D eigenvalue weighted by Gasteiger charge is 2.26. The molecule has 2 heteroatoms. The fourth-order valence-corrected chi connectivity index (χ4v) is 4.79. The number of benzene rings is 1. The molecule has 0 spiro atoms. The Bertz CT molecular complexity index is 553. The van der Waals surface area contributed by atoms with Gasteiger partial charge in [0, 0.05) is 24.6 Å². The predicted molar refractivity (Wildman–Crippen MR) is 138 cm³/mol. The topological polar surface area (TPSA) is 6.48 Å². The van der Waals surface area contributed by atoms with E-state index in [1.54, 1.807) is 0 Å². The van der Waals surface area contributed by atoms with Crippen molar-refractivity contribution in [2.24, 2.45) is 0 Å². The van der Waals surface area contributed by atoms with Crippen molar-refractivity contribution in [3.8, 4) is 0 Å². The van der Waals surface area contributed by atoms with Gasteiger partial charge in [-0.2, -0.15) is 0 Å². The van der Waals surface area contributed by atoms with Crippen LogP contribution in [0.3, 0.4) is 0 Å². The van der Waals surface area contributed by atoms with E-state index >= 15 is 0 Å². The largest absolute Gasteiger partial charge is 0.356 e. The van der Waals surface area contributed by atoms with Gasteiger partial charge in [0.25, 0.3) is 0 Å². The summed E-state index contributed by atoms with van der Waals surface area (Å²) in [6.45, 7) is 5.80. The van der Waals surface area contributed by atoms with Crippen molar-refractivity contribution in [2.45, 2.75) is 129 Å². The highest BCUT2D eigenvalue weighted by atomic mass is 15.4. The lowest BCUT2D eigenvalue weighted by Crippen LogP contribution is -2.39. The summed E-state index contributed by atoms with van der Waals surface area (Å²) in [5.74, 6) is 0. The zero-order valence-electron chi connectivity index (χ0n) is 20.7. The highest BCUT2D eigenvalue weighted by molar-refractivity contribution is 5.51. The molecule has 0 saturated carbocycles. The number of rotatable bonds is 19. The van der Waals surface area contributed by atoms with Gasteiger partial charge < -0.3 is 9.80 Å². The average molecular weight is 427 g/mol. The first-order valence-corrected chi connectivity index (χ1v) is 13.6. The lowest BCUT2D eigenvalue weighted by molar-refractivity contribution is 0.273. The highest BCUT2D eigenvalue weighted by Crippen LogP contribution is 2.28. The Kier molecular flexibility index (Phi) is 14.3. The Hall–Kier alpha value is -1.44. The maximum atomic E-state index is 2.62. The molecule has 0 radical (unpaired) electrons. The molecule has 176 valence electrons. The van der Waals surface area contributed by atoms with Crippen LogP contribution in [0.5, 0.6) is 0 Å². The summed E-state index contributed by atoms with van der Waals surface area (Å²) >= 11 is 0. The lowest BCUT2D eigenvalue weighted by atomic mass is 10.1. The molecule has 1 heterocycles. The van der Waals surface area contributed by atoms with E-state index in [0.29, 0.717) is 6.17 Å². The van der Waals surface area contributed by atoms with Crippen LogP contribution in [0.2, 0.25) is 0 Å². The van der Waals surface area contributed by atoms with Gasteiger partial charge in [-0.3, -0.25) is 0 Å². The molecule has 0 N–H and O–H groups in total. The molecule has 2 rings (SSSR count). The van der Waals surface area contributed by atoms with Crippen molar-refractivity contribution in [3.63, 3.8) is 0 Å². The number of hydrogen-bond donors (Lipinski definition) is 0. The first-order chi connectivity index (χ1) is 15.4. The van der Waals surface area contributed by atoms with Crippen LogP contribution in [0.1, 0.15) is 123 Å². The Morgan fingerprint density at radius 2 is 1.10 bits per heavy atom. The van der Waals surface area contributed by atoms with E-state index < -0.39 is 0 Å². The minimum absolute atomic E-state index is 0.507. The van der Waals surface area contributed by atoms with E-state index in [4.69, 9.17) is 0 Å². The molecule has 0 bridgehead atoms. The van der Waals surface area contributed by atoms with Gasteiger partial charge in [-0.05, 0) is 31.4 Å². The van der Waals surface area contributed by atoms with Gasteiger partial charge in [0.05, 0.1) is 0 Å². The van der Waals surface area contributed by atoms with E-state index in [9.17, 15) is 0 Å². The summed E-state index contributed by atoms with van der Waals surface area (Å²) in [5, 5.41) is 0. The first kappa shape index (κ1) is 25.8. The summed E-state index contributed by atoms with van der Waals surface area (Å²) in [6, 6.07) is 11.0. The molecule has 0 amide bonds. The second-order valence-corrected chi connectivity index (χ2v) is 9.50. The van der Waals surface area contributed by atoms with Crippen LogP contribution in [0.25, 0.3) is 0 Å². The van der Waals surface area contributed by atoms with Crippen molar-refractivity contribution >= 4 is 5.69 Å². The summed E-state index contributed by atoms with van der Waals surface area (Å²) in [4.78, 5) is 5.12. The van der Waals surface area contributed by atoms with Crippen LogP contribution in [0.4, 0.5) is 5.69 Å². The molecule has 1 atom stereocenters. The fourth-order valence-electron chi connectivity index (χ4n) is 4.79. The van der Waals surface area contributed by atoms with Crippen LogP contribution in [-0.4, -0.2) is 17.6 Å². The Labute approximate surface area is 194 Å². The third-order valence-corrected chi connectivity index (χ3v) is 6.76. The maximum Gasteiger partial charge on any atom is 0.105 e. The zero-order chi connectivity index (χ0) is 22.0. The quantitative estimate of drug-likeness (QED) is 0.203. The van der Waals surface area contributed by atoms with Crippen molar-refractivity contribution < 1.29 is 0 Å². The molecule has 1 aromatic rings. The zero-order valence-corrected chi connectivity index (χ0v) is 20.7. The molecule has 0 aliphatic carbocycles. The van der Waals surface area contributed by atoms with E-state index in [-0.39, 0.29) is 0 Å². The molecule has 1 aromatic carbocycles. The number of para-hydroxylation sites is 1. The number of nitrogens with zero attached hydrogens (tertiary/aromatic N) is 2. The van der Waals surface area contributed by atoms with Crippen LogP contribution < -0.4 is 4.90 Å². The lowest BCUT2D eigenvalue weighted by Gasteiger charge is -2.33. The smallest absolute Gasteiger partial charge is 0.105 e. The van der Waals surface area contributed by atoms with Crippen LogP contribution >= 0.6 is 0 Å². The van der Waals surface area contributed by atoms with Crippen molar-refractivity contribution in [1.29, 1.82) is 0 Å².